The monoisotopic (exact) mass is 460 g/mol. The Bertz CT molecular complexity index is 1490. The van der Waals surface area contributed by atoms with Gasteiger partial charge in [-0.15, -0.1) is 0 Å². The molecule has 2 aromatic heterocycles. The van der Waals surface area contributed by atoms with Crippen LogP contribution in [0.4, 0.5) is 27.1 Å². The van der Waals surface area contributed by atoms with Crippen molar-refractivity contribution in [2.24, 2.45) is 14.1 Å². The zero-order valence-corrected chi connectivity index (χ0v) is 20.4. The van der Waals surface area contributed by atoms with Gasteiger partial charge in [0.05, 0.1) is 28.8 Å². The number of halogens is 1. The summed E-state index contributed by atoms with van der Waals surface area (Å²) in [7, 11) is 9.62. The van der Waals surface area contributed by atoms with E-state index >= 15 is 4.39 Å². The molecule has 0 atom stereocenters. The van der Waals surface area contributed by atoms with Gasteiger partial charge in [-0.2, -0.15) is 5.10 Å². The molecule has 0 bridgehead atoms. The lowest BCUT2D eigenvalue weighted by Crippen LogP contribution is -2.37. The average molecular weight is 461 g/mol. The molecule has 8 heteroatoms. The van der Waals surface area contributed by atoms with Crippen molar-refractivity contribution in [3.8, 4) is 11.1 Å². The first-order chi connectivity index (χ1) is 16.2. The highest BCUT2D eigenvalue weighted by Crippen LogP contribution is 2.44. The third-order valence-corrected chi connectivity index (χ3v) is 6.73. The van der Waals surface area contributed by atoms with Crippen molar-refractivity contribution in [2.75, 3.05) is 48.9 Å². The van der Waals surface area contributed by atoms with E-state index in [-0.39, 0.29) is 11.4 Å². The smallest absolute Gasteiger partial charge is 0.253 e. The van der Waals surface area contributed by atoms with E-state index in [4.69, 9.17) is 0 Å². The molecule has 1 aliphatic heterocycles. The zero-order chi connectivity index (χ0) is 24.3. The molecule has 2 aromatic carbocycles. The number of fused-ring (bicyclic) bond motifs is 2. The average Bonchev–Trinajstić information content (AvgIpc) is 3.23. The number of aromatic nitrogens is 3. The summed E-state index contributed by atoms with van der Waals surface area (Å²) in [4.78, 5) is 19.0. The molecule has 7 nitrogen and oxygen atoms in total. The van der Waals surface area contributed by atoms with E-state index < -0.39 is 0 Å². The van der Waals surface area contributed by atoms with Crippen LogP contribution in [0.15, 0.2) is 47.5 Å². The van der Waals surface area contributed by atoms with Crippen molar-refractivity contribution in [1.82, 2.24) is 14.3 Å². The maximum atomic E-state index is 15.5. The number of pyridine rings is 1. The van der Waals surface area contributed by atoms with Gasteiger partial charge in [0.2, 0.25) is 0 Å². The summed E-state index contributed by atoms with van der Waals surface area (Å²) in [5.41, 5.74) is 6.51. The van der Waals surface area contributed by atoms with Crippen LogP contribution in [-0.4, -0.2) is 48.6 Å². The molecule has 1 aliphatic rings. The Morgan fingerprint density at radius 1 is 0.971 bits per heavy atom. The number of likely N-dealkylation sites (N-methyl/N-ethyl adjacent to an activating group) is 1. The fourth-order valence-electron chi connectivity index (χ4n) is 4.76. The van der Waals surface area contributed by atoms with Crippen molar-refractivity contribution in [3.63, 3.8) is 0 Å². The van der Waals surface area contributed by atoms with Crippen molar-refractivity contribution >= 4 is 33.7 Å². The molecule has 5 rings (SSSR count). The van der Waals surface area contributed by atoms with Gasteiger partial charge in [-0.05, 0) is 31.2 Å². The normalized spacial score (nSPS) is 13.5. The van der Waals surface area contributed by atoms with Crippen molar-refractivity contribution < 1.29 is 4.39 Å². The number of nitrogens with zero attached hydrogens (tertiary/aromatic N) is 6. The first-order valence-corrected chi connectivity index (χ1v) is 11.3. The highest BCUT2D eigenvalue weighted by Gasteiger charge is 2.27. The predicted octanol–water partition coefficient (Wildman–Crippen LogP) is 4.04. The molecule has 0 saturated heterocycles. The third-order valence-electron chi connectivity index (χ3n) is 6.73. The molecule has 0 saturated carbocycles. The van der Waals surface area contributed by atoms with Crippen LogP contribution in [0.3, 0.4) is 0 Å². The zero-order valence-electron chi connectivity index (χ0n) is 20.4. The number of hydrogen-bond acceptors (Lipinski definition) is 5. The maximum Gasteiger partial charge on any atom is 0.253 e. The van der Waals surface area contributed by atoms with Gasteiger partial charge in [-0.25, -0.2) is 4.39 Å². The first kappa shape index (κ1) is 22.0. The van der Waals surface area contributed by atoms with Gasteiger partial charge in [-0.3, -0.25) is 9.48 Å². The SMILES string of the molecule is Cc1cc2c(N3CCN(C)c4cc(-c5cnn(C)c5)c(F)cc43)cc(N(C)C)cc2n(C)c1=O. The van der Waals surface area contributed by atoms with E-state index in [2.05, 4.69) is 21.0 Å². The summed E-state index contributed by atoms with van der Waals surface area (Å²) >= 11 is 0. The standard InChI is InChI=1S/C26H29FN6O/c1-16-9-20-22(32(6)26(16)34)10-18(29(2)3)11-23(20)33-8-7-30(4)24-12-19(21(27)13-25(24)33)17-14-28-31(5)15-17/h9-15H,7-8H2,1-6H3. The summed E-state index contributed by atoms with van der Waals surface area (Å²) < 4.78 is 18.8. The van der Waals surface area contributed by atoms with Crippen LogP contribution in [-0.2, 0) is 14.1 Å². The Balaban J connectivity index is 1.76. The van der Waals surface area contributed by atoms with Gasteiger partial charge in [-0.1, -0.05) is 0 Å². The lowest BCUT2D eigenvalue weighted by molar-refractivity contribution is 0.629. The quantitative estimate of drug-likeness (QED) is 0.462. The number of rotatable bonds is 3. The molecule has 0 radical (unpaired) electrons. The summed E-state index contributed by atoms with van der Waals surface area (Å²) in [6, 6.07) is 9.63. The molecule has 0 unspecified atom stereocenters. The highest BCUT2D eigenvalue weighted by atomic mass is 19.1. The second-order valence-corrected chi connectivity index (χ2v) is 9.28. The molecule has 0 spiro atoms. The van der Waals surface area contributed by atoms with E-state index in [0.717, 1.165) is 45.8 Å². The lowest BCUT2D eigenvalue weighted by Gasteiger charge is -2.38. The summed E-state index contributed by atoms with van der Waals surface area (Å²) in [5, 5.41) is 5.17. The summed E-state index contributed by atoms with van der Waals surface area (Å²) in [6.45, 7) is 3.32. The minimum atomic E-state index is -0.288. The number of hydrogen-bond donors (Lipinski definition) is 0. The van der Waals surface area contributed by atoms with Gasteiger partial charge in [0.15, 0.2) is 0 Å². The molecule has 0 fully saturated rings. The van der Waals surface area contributed by atoms with Crippen LogP contribution < -0.4 is 20.3 Å². The topological polar surface area (TPSA) is 49.5 Å². The third kappa shape index (κ3) is 3.41. The van der Waals surface area contributed by atoms with Gasteiger partial charge in [0, 0.05) is 88.4 Å². The Labute approximate surface area is 198 Å². The van der Waals surface area contributed by atoms with Crippen LogP contribution in [0.25, 0.3) is 22.0 Å². The van der Waals surface area contributed by atoms with Gasteiger partial charge >= 0.3 is 0 Å². The second kappa shape index (κ2) is 7.90. The van der Waals surface area contributed by atoms with Gasteiger partial charge < -0.3 is 19.3 Å². The largest absolute Gasteiger partial charge is 0.378 e. The molecule has 176 valence electrons. The molecule has 4 aromatic rings. The fraction of sp³-hybridized carbons (Fsp3) is 0.308. The van der Waals surface area contributed by atoms with Crippen LogP contribution >= 0.6 is 0 Å². The molecule has 34 heavy (non-hydrogen) atoms. The summed E-state index contributed by atoms with van der Waals surface area (Å²) in [6.07, 6.45) is 3.51. The van der Waals surface area contributed by atoms with Crippen molar-refractivity contribution in [1.29, 1.82) is 0 Å². The van der Waals surface area contributed by atoms with E-state index in [1.54, 1.807) is 28.6 Å². The minimum Gasteiger partial charge on any atom is -0.378 e. The molecule has 0 N–H and O–H groups in total. The van der Waals surface area contributed by atoms with E-state index in [1.165, 1.54) is 0 Å². The van der Waals surface area contributed by atoms with Crippen molar-refractivity contribution in [2.45, 2.75) is 6.92 Å². The van der Waals surface area contributed by atoms with E-state index in [9.17, 15) is 4.79 Å². The molecule has 3 heterocycles. The molecular formula is C26H29FN6O. The second-order valence-electron chi connectivity index (χ2n) is 9.28. The molecular weight excluding hydrogens is 431 g/mol. The number of aryl methyl sites for hydroxylation is 3. The minimum absolute atomic E-state index is 0.0136. The first-order valence-electron chi connectivity index (χ1n) is 11.3. The Morgan fingerprint density at radius 3 is 2.41 bits per heavy atom. The predicted molar refractivity (Wildman–Crippen MR) is 137 cm³/mol. The van der Waals surface area contributed by atoms with Gasteiger partial charge in [0.25, 0.3) is 5.56 Å². The van der Waals surface area contributed by atoms with Crippen LogP contribution in [0.2, 0.25) is 0 Å². The lowest BCUT2D eigenvalue weighted by atomic mass is 10.0. The maximum absolute atomic E-state index is 15.5. The Morgan fingerprint density at radius 2 is 1.74 bits per heavy atom. The summed E-state index contributed by atoms with van der Waals surface area (Å²) in [5.74, 6) is -0.288. The molecule has 0 aliphatic carbocycles. The van der Waals surface area contributed by atoms with Gasteiger partial charge in [0.1, 0.15) is 5.82 Å². The number of anilines is 4. The molecule has 0 amide bonds. The van der Waals surface area contributed by atoms with Crippen LogP contribution in [0, 0.1) is 12.7 Å². The van der Waals surface area contributed by atoms with Crippen LogP contribution in [0.5, 0.6) is 0 Å². The Hall–Kier alpha value is -3.81. The van der Waals surface area contributed by atoms with E-state index in [0.29, 0.717) is 17.7 Å². The fourth-order valence-corrected chi connectivity index (χ4v) is 4.76. The highest BCUT2D eigenvalue weighted by molar-refractivity contribution is 5.99. The van der Waals surface area contributed by atoms with E-state index in [1.807, 2.05) is 64.4 Å². The van der Waals surface area contributed by atoms with Crippen LogP contribution in [0.1, 0.15) is 5.56 Å². The Kier molecular flexibility index (Phi) is 5.11. The van der Waals surface area contributed by atoms with Crippen molar-refractivity contribution in [3.05, 3.63) is 64.5 Å². The number of benzene rings is 2.